The second-order valence-corrected chi connectivity index (χ2v) is 4.75. The van der Waals surface area contributed by atoms with Gasteiger partial charge in [-0.05, 0) is 43.2 Å². The molecule has 4 nitrogen and oxygen atoms in total. The Labute approximate surface area is 124 Å². The van der Waals surface area contributed by atoms with Gasteiger partial charge in [0.15, 0.2) is 5.78 Å². The zero-order chi connectivity index (χ0) is 15.1. The van der Waals surface area contributed by atoms with Gasteiger partial charge < -0.3 is 10.6 Å². The van der Waals surface area contributed by atoms with E-state index in [9.17, 15) is 9.59 Å². The summed E-state index contributed by atoms with van der Waals surface area (Å²) in [5.41, 5.74) is 2.48. The molecule has 2 aromatic carbocycles. The first-order valence-electron chi connectivity index (χ1n) is 6.85. The first-order chi connectivity index (χ1) is 10.1. The maximum Gasteiger partial charge on any atom is 0.319 e. The van der Waals surface area contributed by atoms with Gasteiger partial charge in [-0.2, -0.15) is 0 Å². The molecule has 2 rings (SSSR count). The predicted octanol–water partition coefficient (Wildman–Crippen LogP) is 3.25. The summed E-state index contributed by atoms with van der Waals surface area (Å²) in [6.07, 6.45) is 0.789. The second kappa shape index (κ2) is 7.24. The maximum atomic E-state index is 11.7. The third kappa shape index (κ3) is 4.76. The molecule has 0 aromatic heterocycles. The summed E-state index contributed by atoms with van der Waals surface area (Å²) < 4.78 is 0. The van der Waals surface area contributed by atoms with Crippen molar-refractivity contribution in [2.45, 2.75) is 13.3 Å². The van der Waals surface area contributed by atoms with E-state index in [0.717, 1.165) is 6.42 Å². The van der Waals surface area contributed by atoms with Crippen molar-refractivity contribution in [1.29, 1.82) is 0 Å². The number of hydrogen-bond donors (Lipinski definition) is 2. The lowest BCUT2D eigenvalue weighted by atomic mass is 10.1. The Morgan fingerprint density at radius 2 is 1.62 bits per heavy atom. The molecular weight excluding hydrogens is 264 g/mol. The zero-order valence-electron chi connectivity index (χ0n) is 11.9. The third-order valence-electron chi connectivity index (χ3n) is 3.09. The van der Waals surface area contributed by atoms with E-state index in [-0.39, 0.29) is 11.8 Å². The normalized spacial score (nSPS) is 9.95. The summed E-state index contributed by atoms with van der Waals surface area (Å²) >= 11 is 0. The van der Waals surface area contributed by atoms with Crippen molar-refractivity contribution in [3.63, 3.8) is 0 Å². The van der Waals surface area contributed by atoms with E-state index < -0.39 is 0 Å². The number of nitrogens with one attached hydrogen (secondary N) is 2. The topological polar surface area (TPSA) is 58.2 Å². The molecule has 0 bridgehead atoms. The van der Waals surface area contributed by atoms with E-state index >= 15 is 0 Å². The van der Waals surface area contributed by atoms with Crippen LogP contribution in [0.3, 0.4) is 0 Å². The smallest absolute Gasteiger partial charge is 0.319 e. The average Bonchev–Trinajstić information content (AvgIpc) is 2.49. The quantitative estimate of drug-likeness (QED) is 0.827. The Morgan fingerprint density at radius 3 is 2.24 bits per heavy atom. The van der Waals surface area contributed by atoms with E-state index in [1.165, 1.54) is 12.5 Å². The monoisotopic (exact) mass is 282 g/mol. The van der Waals surface area contributed by atoms with Gasteiger partial charge in [0.25, 0.3) is 0 Å². The first kappa shape index (κ1) is 14.8. The summed E-state index contributed by atoms with van der Waals surface area (Å²) in [5, 5.41) is 5.53. The highest BCUT2D eigenvalue weighted by Crippen LogP contribution is 2.09. The zero-order valence-corrected chi connectivity index (χ0v) is 11.9. The van der Waals surface area contributed by atoms with Crippen LogP contribution in [0.25, 0.3) is 0 Å². The average molecular weight is 282 g/mol. The number of rotatable bonds is 5. The van der Waals surface area contributed by atoms with Gasteiger partial charge in [-0.1, -0.05) is 30.3 Å². The van der Waals surface area contributed by atoms with E-state index in [0.29, 0.717) is 17.8 Å². The molecule has 0 spiro atoms. The molecule has 0 aliphatic rings. The molecule has 0 saturated carbocycles. The predicted molar refractivity (Wildman–Crippen MR) is 83.6 cm³/mol. The molecule has 0 aliphatic heterocycles. The molecule has 0 atom stereocenters. The van der Waals surface area contributed by atoms with Crippen LogP contribution in [0.4, 0.5) is 10.5 Å². The number of carbonyl (C=O) groups excluding carboxylic acids is 2. The highest BCUT2D eigenvalue weighted by Gasteiger charge is 2.03. The molecular formula is C17H18N2O2. The molecule has 21 heavy (non-hydrogen) atoms. The molecule has 4 heteroatoms. The SMILES string of the molecule is CC(=O)c1ccc(NC(=O)NCCc2ccccc2)cc1. The lowest BCUT2D eigenvalue weighted by molar-refractivity contribution is 0.101. The van der Waals surface area contributed by atoms with E-state index in [1.54, 1.807) is 24.3 Å². The summed E-state index contributed by atoms with van der Waals surface area (Å²) in [6.45, 7) is 2.08. The minimum Gasteiger partial charge on any atom is -0.338 e. The van der Waals surface area contributed by atoms with Gasteiger partial charge in [0, 0.05) is 17.8 Å². The molecule has 0 heterocycles. The standard InChI is InChI=1S/C17H18N2O2/c1-13(20)15-7-9-16(10-8-15)19-17(21)18-12-11-14-5-3-2-4-6-14/h2-10H,11-12H2,1H3,(H2,18,19,21). The third-order valence-corrected chi connectivity index (χ3v) is 3.09. The largest absolute Gasteiger partial charge is 0.338 e. The Bertz CT molecular complexity index is 606. The first-order valence-corrected chi connectivity index (χ1v) is 6.85. The van der Waals surface area contributed by atoms with Crippen molar-refractivity contribution in [3.8, 4) is 0 Å². The number of Topliss-reactive ketones (excluding diaryl/α,β-unsaturated/α-hetero) is 1. The number of carbonyl (C=O) groups is 2. The molecule has 2 aromatic rings. The van der Waals surface area contributed by atoms with Crippen molar-refractivity contribution in [2.24, 2.45) is 0 Å². The van der Waals surface area contributed by atoms with Crippen LogP contribution in [0.2, 0.25) is 0 Å². The Morgan fingerprint density at radius 1 is 0.952 bits per heavy atom. The van der Waals surface area contributed by atoms with Crippen LogP contribution in [0, 0.1) is 0 Å². The van der Waals surface area contributed by atoms with E-state index in [4.69, 9.17) is 0 Å². The minimum atomic E-state index is -0.249. The fourth-order valence-electron chi connectivity index (χ4n) is 1.93. The van der Waals surface area contributed by atoms with Crippen molar-refractivity contribution >= 4 is 17.5 Å². The number of hydrogen-bond acceptors (Lipinski definition) is 2. The Kier molecular flexibility index (Phi) is 5.10. The van der Waals surface area contributed by atoms with Crippen LogP contribution in [0.1, 0.15) is 22.8 Å². The van der Waals surface area contributed by atoms with Crippen LogP contribution in [-0.4, -0.2) is 18.4 Å². The van der Waals surface area contributed by atoms with Crippen LogP contribution < -0.4 is 10.6 Å². The number of amides is 2. The number of anilines is 1. The highest BCUT2D eigenvalue weighted by molar-refractivity contribution is 5.95. The molecule has 0 aliphatic carbocycles. The van der Waals surface area contributed by atoms with Crippen molar-refractivity contribution in [2.75, 3.05) is 11.9 Å². The van der Waals surface area contributed by atoms with Crippen LogP contribution in [0.15, 0.2) is 54.6 Å². The summed E-state index contributed by atoms with van der Waals surface area (Å²) in [5.74, 6) is 0.00821. The van der Waals surface area contributed by atoms with E-state index in [1.807, 2.05) is 30.3 Å². The van der Waals surface area contributed by atoms with Gasteiger partial charge in [-0.3, -0.25) is 4.79 Å². The van der Waals surface area contributed by atoms with Gasteiger partial charge in [-0.25, -0.2) is 4.79 Å². The van der Waals surface area contributed by atoms with E-state index in [2.05, 4.69) is 10.6 Å². The number of benzene rings is 2. The molecule has 0 saturated heterocycles. The Hall–Kier alpha value is -2.62. The van der Waals surface area contributed by atoms with Gasteiger partial charge >= 0.3 is 6.03 Å². The van der Waals surface area contributed by atoms with Crippen molar-refractivity contribution in [1.82, 2.24) is 5.32 Å². The summed E-state index contributed by atoms with van der Waals surface area (Å²) in [4.78, 5) is 22.9. The lowest BCUT2D eigenvalue weighted by Gasteiger charge is -2.08. The molecule has 2 N–H and O–H groups in total. The van der Waals surface area contributed by atoms with Crippen LogP contribution >= 0.6 is 0 Å². The lowest BCUT2D eigenvalue weighted by Crippen LogP contribution is -2.30. The van der Waals surface area contributed by atoms with Crippen LogP contribution in [0.5, 0.6) is 0 Å². The fraction of sp³-hybridized carbons (Fsp3) is 0.176. The molecule has 0 unspecified atom stereocenters. The molecule has 0 fully saturated rings. The second-order valence-electron chi connectivity index (χ2n) is 4.75. The summed E-state index contributed by atoms with van der Waals surface area (Å²) in [6, 6.07) is 16.6. The number of ketones is 1. The van der Waals surface area contributed by atoms with Gasteiger partial charge in [0.1, 0.15) is 0 Å². The maximum absolute atomic E-state index is 11.7. The molecule has 0 radical (unpaired) electrons. The highest BCUT2D eigenvalue weighted by atomic mass is 16.2. The molecule has 108 valence electrons. The van der Waals surface area contributed by atoms with Crippen molar-refractivity contribution in [3.05, 3.63) is 65.7 Å². The molecule has 2 amide bonds. The number of urea groups is 1. The summed E-state index contributed by atoms with van der Waals surface area (Å²) in [7, 11) is 0. The Balaban J connectivity index is 1.78. The minimum absolute atomic E-state index is 0.00821. The van der Waals surface area contributed by atoms with Crippen LogP contribution in [-0.2, 0) is 6.42 Å². The van der Waals surface area contributed by atoms with Gasteiger partial charge in [0.2, 0.25) is 0 Å². The van der Waals surface area contributed by atoms with Gasteiger partial charge in [0.05, 0.1) is 0 Å². The van der Waals surface area contributed by atoms with Gasteiger partial charge in [-0.15, -0.1) is 0 Å². The van der Waals surface area contributed by atoms with Crippen molar-refractivity contribution < 1.29 is 9.59 Å². The fourth-order valence-corrected chi connectivity index (χ4v) is 1.93.